The molecule has 0 fully saturated rings. The van der Waals surface area contributed by atoms with Gasteiger partial charge < -0.3 is 25.1 Å². The highest BCUT2D eigenvalue weighted by Gasteiger charge is 2.18. The van der Waals surface area contributed by atoms with E-state index < -0.39 is 11.9 Å². The molecular formula is C19H20N2O6. The first-order chi connectivity index (χ1) is 13.0. The molecule has 8 heteroatoms. The third-order valence-electron chi connectivity index (χ3n) is 3.83. The van der Waals surface area contributed by atoms with Gasteiger partial charge in [0.15, 0.2) is 0 Å². The molecule has 0 aliphatic carbocycles. The molecule has 0 saturated carbocycles. The highest BCUT2D eigenvalue weighted by Crippen LogP contribution is 2.29. The molecule has 2 aromatic carbocycles. The number of carboxylic acids is 1. The van der Waals surface area contributed by atoms with Gasteiger partial charge in [0.2, 0.25) is 0 Å². The third-order valence-corrected chi connectivity index (χ3v) is 3.83. The van der Waals surface area contributed by atoms with Crippen LogP contribution in [0, 0.1) is 0 Å². The second-order valence-electron chi connectivity index (χ2n) is 5.51. The van der Waals surface area contributed by atoms with E-state index in [1.165, 1.54) is 14.2 Å². The minimum absolute atomic E-state index is 0.0932. The van der Waals surface area contributed by atoms with Gasteiger partial charge in [0.25, 0.3) is 5.91 Å². The van der Waals surface area contributed by atoms with Gasteiger partial charge in [0.1, 0.15) is 17.1 Å². The fourth-order valence-corrected chi connectivity index (χ4v) is 2.49. The normalized spacial score (nSPS) is 11.0. The lowest BCUT2D eigenvalue weighted by Crippen LogP contribution is -2.14. The molecule has 2 rings (SSSR count). The molecule has 0 heterocycles. The quantitative estimate of drug-likeness (QED) is 0.372. The maximum absolute atomic E-state index is 12.6. The molecule has 0 aliphatic heterocycles. The topological polar surface area (TPSA) is 117 Å². The number of anilines is 1. The van der Waals surface area contributed by atoms with Crippen molar-refractivity contribution in [2.75, 3.05) is 19.5 Å². The lowest BCUT2D eigenvalue weighted by Gasteiger charge is -2.13. The number of carbonyl (C=O) groups is 2. The predicted molar refractivity (Wildman–Crippen MR) is 99.1 cm³/mol. The molecule has 0 radical (unpaired) electrons. The van der Waals surface area contributed by atoms with Crippen LogP contribution < -0.4 is 14.8 Å². The van der Waals surface area contributed by atoms with Crippen molar-refractivity contribution in [3.05, 3.63) is 53.6 Å². The molecule has 0 spiro atoms. The average molecular weight is 372 g/mol. The Hall–Kier alpha value is -3.55. The molecule has 3 N–H and O–H groups in total. The maximum atomic E-state index is 12.6. The summed E-state index contributed by atoms with van der Waals surface area (Å²) in [6.45, 7) is 0. The van der Waals surface area contributed by atoms with E-state index in [1.807, 2.05) is 0 Å². The molecule has 2 aromatic rings. The Bertz CT molecular complexity index is 824. The smallest absolute Gasteiger partial charge is 0.303 e. The molecular weight excluding hydrogens is 352 g/mol. The predicted octanol–water partition coefficient (Wildman–Crippen LogP) is 3.00. The molecule has 1 amide bonds. The van der Waals surface area contributed by atoms with E-state index in [1.54, 1.807) is 42.5 Å². The fourth-order valence-electron chi connectivity index (χ4n) is 2.49. The Labute approximate surface area is 156 Å². The zero-order valence-corrected chi connectivity index (χ0v) is 14.9. The number of nitrogens with one attached hydrogen (secondary N) is 1. The van der Waals surface area contributed by atoms with Gasteiger partial charge in [-0.1, -0.05) is 23.4 Å². The second-order valence-corrected chi connectivity index (χ2v) is 5.51. The lowest BCUT2D eigenvalue weighted by atomic mass is 10.1. The van der Waals surface area contributed by atoms with Gasteiger partial charge in [-0.05, 0) is 29.8 Å². The largest absolute Gasteiger partial charge is 0.496 e. The van der Waals surface area contributed by atoms with E-state index in [4.69, 9.17) is 19.8 Å². The number of hydrogen-bond acceptors (Lipinski definition) is 6. The van der Waals surface area contributed by atoms with Gasteiger partial charge in [-0.15, -0.1) is 0 Å². The van der Waals surface area contributed by atoms with Crippen LogP contribution in [-0.4, -0.2) is 42.1 Å². The van der Waals surface area contributed by atoms with Crippen LogP contribution in [0.5, 0.6) is 11.5 Å². The number of hydrogen-bond donors (Lipinski definition) is 3. The van der Waals surface area contributed by atoms with E-state index in [2.05, 4.69) is 10.5 Å². The van der Waals surface area contributed by atoms with E-state index in [0.717, 1.165) is 0 Å². The standard InChI is InChI=1S/C19H20N2O6/c1-26-15-4-3-5-16(27-2)18(15)19(24)20-13-8-6-12(7-9-13)14(21-25)10-11-17(22)23/h3-9,25H,10-11H2,1-2H3,(H,20,24)(H,22,23)/b21-14+. The van der Waals surface area contributed by atoms with Crippen molar-refractivity contribution in [2.24, 2.45) is 5.16 Å². The molecule has 0 saturated heterocycles. The van der Waals surface area contributed by atoms with Gasteiger partial charge in [-0.2, -0.15) is 0 Å². The number of carboxylic acid groups (broad SMARTS) is 1. The Balaban J connectivity index is 2.17. The van der Waals surface area contributed by atoms with Crippen molar-refractivity contribution >= 4 is 23.3 Å². The highest BCUT2D eigenvalue weighted by atomic mass is 16.5. The summed E-state index contributed by atoms with van der Waals surface area (Å²) in [5.74, 6) is -0.622. The van der Waals surface area contributed by atoms with E-state index in [0.29, 0.717) is 22.7 Å². The first-order valence-electron chi connectivity index (χ1n) is 8.05. The van der Waals surface area contributed by atoms with E-state index >= 15 is 0 Å². The SMILES string of the molecule is COc1cccc(OC)c1C(=O)Nc1ccc(/C(CCC(=O)O)=N/O)cc1. The number of ether oxygens (including phenoxy) is 2. The van der Waals surface area contributed by atoms with Crippen molar-refractivity contribution < 1.29 is 29.4 Å². The summed E-state index contributed by atoms with van der Waals surface area (Å²) in [5.41, 5.74) is 1.59. The average Bonchev–Trinajstić information content (AvgIpc) is 2.68. The van der Waals surface area contributed by atoms with Crippen molar-refractivity contribution in [3.63, 3.8) is 0 Å². The zero-order valence-electron chi connectivity index (χ0n) is 14.9. The summed E-state index contributed by atoms with van der Waals surface area (Å²) in [4.78, 5) is 23.3. The van der Waals surface area contributed by atoms with Crippen LogP contribution in [0.4, 0.5) is 5.69 Å². The van der Waals surface area contributed by atoms with Crippen LogP contribution in [0.15, 0.2) is 47.6 Å². The van der Waals surface area contributed by atoms with E-state index in [-0.39, 0.29) is 24.1 Å². The van der Waals surface area contributed by atoms with Gasteiger partial charge in [-0.25, -0.2) is 0 Å². The van der Waals surface area contributed by atoms with Crippen molar-refractivity contribution in [2.45, 2.75) is 12.8 Å². The Morgan fingerprint density at radius 1 is 1.00 bits per heavy atom. The second kappa shape index (κ2) is 9.23. The molecule has 0 atom stereocenters. The third kappa shape index (κ3) is 4.97. The number of nitrogens with zero attached hydrogens (tertiary/aromatic N) is 1. The van der Waals surface area contributed by atoms with Crippen LogP contribution in [0.3, 0.4) is 0 Å². The van der Waals surface area contributed by atoms with Gasteiger partial charge in [0.05, 0.1) is 26.4 Å². The number of aliphatic carboxylic acids is 1. The van der Waals surface area contributed by atoms with Crippen LogP contribution in [0.25, 0.3) is 0 Å². The summed E-state index contributed by atoms with van der Waals surface area (Å²) < 4.78 is 10.5. The summed E-state index contributed by atoms with van der Waals surface area (Å²) in [7, 11) is 2.93. The summed E-state index contributed by atoms with van der Waals surface area (Å²) >= 11 is 0. The monoisotopic (exact) mass is 372 g/mol. The molecule has 0 aliphatic rings. The maximum Gasteiger partial charge on any atom is 0.303 e. The minimum atomic E-state index is -0.981. The number of benzene rings is 2. The molecule has 8 nitrogen and oxygen atoms in total. The number of rotatable bonds is 8. The number of amides is 1. The number of methoxy groups -OCH3 is 2. The van der Waals surface area contributed by atoms with Crippen molar-refractivity contribution in [1.82, 2.24) is 0 Å². The van der Waals surface area contributed by atoms with Crippen LogP contribution in [-0.2, 0) is 4.79 Å². The number of oxime groups is 1. The highest BCUT2D eigenvalue weighted by molar-refractivity contribution is 6.08. The zero-order chi connectivity index (χ0) is 19.8. The van der Waals surface area contributed by atoms with Crippen molar-refractivity contribution in [3.8, 4) is 11.5 Å². The van der Waals surface area contributed by atoms with Gasteiger partial charge >= 0.3 is 5.97 Å². The minimum Gasteiger partial charge on any atom is -0.496 e. The molecule has 0 aromatic heterocycles. The molecule has 142 valence electrons. The van der Waals surface area contributed by atoms with Crippen LogP contribution >= 0.6 is 0 Å². The van der Waals surface area contributed by atoms with E-state index in [9.17, 15) is 9.59 Å². The molecule has 27 heavy (non-hydrogen) atoms. The van der Waals surface area contributed by atoms with Gasteiger partial charge in [0, 0.05) is 12.1 Å². The number of carbonyl (C=O) groups excluding carboxylic acids is 1. The first kappa shape index (κ1) is 19.8. The molecule has 0 unspecified atom stereocenters. The summed E-state index contributed by atoms with van der Waals surface area (Å²) in [6.07, 6.45) is -0.0541. The van der Waals surface area contributed by atoms with Crippen molar-refractivity contribution in [1.29, 1.82) is 0 Å². The first-order valence-corrected chi connectivity index (χ1v) is 8.05. The van der Waals surface area contributed by atoms with Crippen LogP contribution in [0.1, 0.15) is 28.8 Å². The Morgan fingerprint density at radius 2 is 1.59 bits per heavy atom. The van der Waals surface area contributed by atoms with Crippen LogP contribution in [0.2, 0.25) is 0 Å². The summed E-state index contributed by atoms with van der Waals surface area (Å²) in [5, 5.41) is 23.7. The summed E-state index contributed by atoms with van der Waals surface area (Å²) in [6, 6.07) is 11.6. The fraction of sp³-hybridized carbons (Fsp3) is 0.211. The van der Waals surface area contributed by atoms with Gasteiger partial charge in [-0.3, -0.25) is 9.59 Å². The molecule has 0 bridgehead atoms. The Kier molecular flexibility index (Phi) is 6.76. The lowest BCUT2D eigenvalue weighted by molar-refractivity contribution is -0.136. The Morgan fingerprint density at radius 3 is 2.07 bits per heavy atom.